The minimum Gasteiger partial charge on any atom is -0.245 e. The first-order valence-corrected chi connectivity index (χ1v) is 4.66. The molecule has 2 N–H and O–H groups in total. The van der Waals surface area contributed by atoms with Crippen LogP contribution in [0.1, 0.15) is 11.1 Å². The van der Waals surface area contributed by atoms with Crippen molar-refractivity contribution in [3.63, 3.8) is 0 Å². The van der Waals surface area contributed by atoms with E-state index < -0.39 is 0 Å². The highest BCUT2D eigenvalue weighted by atomic mass is 35.5. The second-order valence-electron chi connectivity index (χ2n) is 3.23. The van der Waals surface area contributed by atoms with Gasteiger partial charge < -0.3 is 0 Å². The SMILES string of the molecule is Cc1cc(Cl)cc(C)c1N1C=NNN1. The molecule has 0 spiro atoms. The second-order valence-corrected chi connectivity index (χ2v) is 3.66. The Bertz CT molecular complexity index is 365. The Hall–Kier alpha value is -1.26. The van der Waals surface area contributed by atoms with Crippen LogP contribution < -0.4 is 16.1 Å². The molecule has 0 saturated heterocycles. The van der Waals surface area contributed by atoms with E-state index in [1.165, 1.54) is 0 Å². The Kier molecular flexibility index (Phi) is 2.31. The van der Waals surface area contributed by atoms with Gasteiger partial charge in [0.1, 0.15) is 6.34 Å². The van der Waals surface area contributed by atoms with E-state index in [9.17, 15) is 0 Å². The van der Waals surface area contributed by atoms with E-state index in [0.717, 1.165) is 21.8 Å². The average molecular weight is 211 g/mol. The standard InChI is InChI=1S/C9H11ClN4/c1-6-3-8(10)4-7(2)9(6)14-5-11-12-13-14/h3-5,12-13H,1-2H3. The summed E-state index contributed by atoms with van der Waals surface area (Å²) in [5.74, 6) is 0. The highest BCUT2D eigenvalue weighted by Gasteiger charge is 2.13. The van der Waals surface area contributed by atoms with E-state index in [1.54, 1.807) is 6.34 Å². The zero-order valence-electron chi connectivity index (χ0n) is 8.00. The van der Waals surface area contributed by atoms with Crippen LogP contribution in [0.4, 0.5) is 5.69 Å². The van der Waals surface area contributed by atoms with Gasteiger partial charge in [-0.05, 0) is 37.1 Å². The summed E-state index contributed by atoms with van der Waals surface area (Å²) in [5, 5.41) is 6.43. The summed E-state index contributed by atoms with van der Waals surface area (Å²) in [5.41, 5.74) is 8.83. The molecular weight excluding hydrogens is 200 g/mol. The summed E-state index contributed by atoms with van der Waals surface area (Å²) in [6, 6.07) is 3.86. The Morgan fingerprint density at radius 3 is 2.43 bits per heavy atom. The summed E-state index contributed by atoms with van der Waals surface area (Å²) in [6.07, 6.45) is 1.68. The fourth-order valence-corrected chi connectivity index (χ4v) is 1.92. The van der Waals surface area contributed by atoms with Gasteiger partial charge in [0.2, 0.25) is 0 Å². The normalized spacial score (nSPS) is 14.6. The fraction of sp³-hybridized carbons (Fsp3) is 0.222. The van der Waals surface area contributed by atoms with Gasteiger partial charge in [0.25, 0.3) is 0 Å². The van der Waals surface area contributed by atoms with Crippen LogP contribution in [0.25, 0.3) is 0 Å². The van der Waals surface area contributed by atoms with Gasteiger partial charge in [0.05, 0.1) is 5.69 Å². The first-order valence-electron chi connectivity index (χ1n) is 4.28. The first-order chi connectivity index (χ1) is 6.68. The van der Waals surface area contributed by atoms with E-state index in [0.29, 0.717) is 0 Å². The molecule has 0 saturated carbocycles. The minimum atomic E-state index is 0.757. The van der Waals surface area contributed by atoms with Crippen molar-refractivity contribution in [2.75, 3.05) is 5.01 Å². The molecule has 74 valence electrons. The number of halogens is 1. The van der Waals surface area contributed by atoms with Crippen molar-refractivity contribution in [3.8, 4) is 0 Å². The van der Waals surface area contributed by atoms with Crippen molar-refractivity contribution in [1.29, 1.82) is 0 Å². The van der Waals surface area contributed by atoms with Crippen LogP contribution in [0, 0.1) is 13.8 Å². The molecule has 0 atom stereocenters. The molecular formula is C9H11ClN4. The third kappa shape index (κ3) is 1.54. The van der Waals surface area contributed by atoms with Gasteiger partial charge in [-0.25, -0.2) is 10.5 Å². The van der Waals surface area contributed by atoms with Gasteiger partial charge in [0.15, 0.2) is 0 Å². The highest BCUT2D eigenvalue weighted by Crippen LogP contribution is 2.27. The molecule has 0 fully saturated rings. The maximum absolute atomic E-state index is 5.94. The van der Waals surface area contributed by atoms with Crippen LogP contribution in [0.3, 0.4) is 0 Å². The lowest BCUT2D eigenvalue weighted by Gasteiger charge is -2.18. The molecule has 0 aromatic heterocycles. The number of nitrogens with zero attached hydrogens (tertiary/aromatic N) is 2. The lowest BCUT2D eigenvalue weighted by Crippen LogP contribution is -2.38. The molecule has 0 radical (unpaired) electrons. The molecule has 0 amide bonds. The molecule has 1 aliphatic rings. The van der Waals surface area contributed by atoms with Crippen molar-refractivity contribution >= 4 is 23.6 Å². The van der Waals surface area contributed by atoms with Crippen LogP contribution >= 0.6 is 11.6 Å². The lowest BCUT2D eigenvalue weighted by molar-refractivity contribution is 0.622. The summed E-state index contributed by atoms with van der Waals surface area (Å²) in [4.78, 5) is 0. The number of benzene rings is 1. The molecule has 2 rings (SSSR count). The molecule has 1 heterocycles. The van der Waals surface area contributed by atoms with Gasteiger partial charge >= 0.3 is 0 Å². The summed E-state index contributed by atoms with van der Waals surface area (Å²) < 4.78 is 0. The Labute approximate surface area is 87.5 Å². The molecule has 14 heavy (non-hydrogen) atoms. The van der Waals surface area contributed by atoms with E-state index in [1.807, 2.05) is 31.0 Å². The molecule has 1 aromatic carbocycles. The van der Waals surface area contributed by atoms with Gasteiger partial charge in [0, 0.05) is 5.02 Å². The summed E-state index contributed by atoms with van der Waals surface area (Å²) >= 11 is 5.94. The number of nitrogens with one attached hydrogen (secondary N) is 2. The van der Waals surface area contributed by atoms with E-state index in [2.05, 4.69) is 16.2 Å². The van der Waals surface area contributed by atoms with Crippen molar-refractivity contribution in [3.05, 3.63) is 28.3 Å². The van der Waals surface area contributed by atoms with Crippen molar-refractivity contribution < 1.29 is 0 Å². The maximum atomic E-state index is 5.94. The highest BCUT2D eigenvalue weighted by molar-refractivity contribution is 6.30. The Morgan fingerprint density at radius 1 is 1.29 bits per heavy atom. The monoisotopic (exact) mass is 210 g/mol. The van der Waals surface area contributed by atoms with E-state index in [-0.39, 0.29) is 0 Å². The fourth-order valence-electron chi connectivity index (χ4n) is 1.59. The predicted molar refractivity (Wildman–Crippen MR) is 58.2 cm³/mol. The molecule has 0 unspecified atom stereocenters. The lowest BCUT2D eigenvalue weighted by atomic mass is 10.1. The topological polar surface area (TPSA) is 39.7 Å². The number of aryl methyl sites for hydroxylation is 2. The number of rotatable bonds is 1. The van der Waals surface area contributed by atoms with E-state index in [4.69, 9.17) is 11.6 Å². The molecule has 5 heteroatoms. The zero-order chi connectivity index (χ0) is 10.1. The van der Waals surface area contributed by atoms with Crippen LogP contribution in [0.5, 0.6) is 0 Å². The number of anilines is 1. The number of hydrazone groups is 1. The Morgan fingerprint density at radius 2 is 1.93 bits per heavy atom. The third-order valence-electron chi connectivity index (χ3n) is 2.10. The van der Waals surface area contributed by atoms with E-state index >= 15 is 0 Å². The van der Waals surface area contributed by atoms with Crippen LogP contribution in [0.2, 0.25) is 5.02 Å². The van der Waals surface area contributed by atoms with Crippen molar-refractivity contribution in [2.24, 2.45) is 5.10 Å². The van der Waals surface area contributed by atoms with Gasteiger partial charge in [-0.2, -0.15) is 5.10 Å². The smallest absolute Gasteiger partial charge is 0.133 e. The predicted octanol–water partition coefficient (Wildman–Crippen LogP) is 1.73. The van der Waals surface area contributed by atoms with Crippen LogP contribution in [-0.4, -0.2) is 6.34 Å². The number of hydrogen-bond acceptors (Lipinski definition) is 4. The molecule has 0 aliphatic carbocycles. The molecule has 4 nitrogen and oxygen atoms in total. The summed E-state index contributed by atoms with van der Waals surface area (Å²) in [6.45, 7) is 4.03. The summed E-state index contributed by atoms with van der Waals surface area (Å²) in [7, 11) is 0. The van der Waals surface area contributed by atoms with Crippen molar-refractivity contribution in [2.45, 2.75) is 13.8 Å². The number of hydrogen-bond donors (Lipinski definition) is 2. The third-order valence-corrected chi connectivity index (χ3v) is 2.32. The van der Waals surface area contributed by atoms with Crippen LogP contribution in [-0.2, 0) is 0 Å². The van der Waals surface area contributed by atoms with Crippen molar-refractivity contribution in [1.82, 2.24) is 11.1 Å². The maximum Gasteiger partial charge on any atom is 0.133 e. The van der Waals surface area contributed by atoms with Gasteiger partial charge in [-0.1, -0.05) is 11.6 Å². The molecule has 1 aromatic rings. The molecule has 1 aliphatic heterocycles. The average Bonchev–Trinajstić information content (AvgIpc) is 2.54. The first kappa shape index (κ1) is 9.30. The largest absolute Gasteiger partial charge is 0.245 e. The second kappa shape index (κ2) is 3.48. The van der Waals surface area contributed by atoms with Gasteiger partial charge in [-0.15, -0.1) is 5.53 Å². The quantitative estimate of drug-likeness (QED) is 0.742. The minimum absolute atomic E-state index is 0.757. The van der Waals surface area contributed by atoms with Gasteiger partial charge in [-0.3, -0.25) is 0 Å². The number of hydrazine groups is 2. The molecule has 0 bridgehead atoms. The van der Waals surface area contributed by atoms with Crippen LogP contribution in [0.15, 0.2) is 17.2 Å². The Balaban J connectivity index is 2.46. The zero-order valence-corrected chi connectivity index (χ0v) is 8.76.